The number of hydrogen-bond donors (Lipinski definition) is 2. The molecule has 1 fully saturated rings. The van der Waals surface area contributed by atoms with Crippen LogP contribution in [-0.4, -0.2) is 23.6 Å². The molecule has 1 aliphatic rings. The van der Waals surface area contributed by atoms with Crippen molar-refractivity contribution in [1.29, 1.82) is 0 Å². The zero-order chi connectivity index (χ0) is 15.5. The molecule has 21 heavy (non-hydrogen) atoms. The average molecular weight is 306 g/mol. The molecule has 0 saturated heterocycles. The molecule has 1 aliphatic carbocycles. The molecule has 0 spiro atoms. The fraction of sp³-hybridized carbons (Fsp3) is 0.500. The quantitative estimate of drug-likeness (QED) is 0.761. The van der Waals surface area contributed by atoms with Crippen molar-refractivity contribution in [3.8, 4) is 0 Å². The Morgan fingerprint density at radius 2 is 2.05 bits per heavy atom. The van der Waals surface area contributed by atoms with Crippen molar-refractivity contribution >= 4 is 23.6 Å². The molecule has 1 aromatic carbocycles. The number of thioether (sulfide) groups is 1. The Kier molecular flexibility index (Phi) is 4.93. The van der Waals surface area contributed by atoms with Crippen LogP contribution in [0.25, 0.3) is 0 Å². The zero-order valence-electron chi connectivity index (χ0n) is 12.5. The molecule has 114 valence electrons. The minimum Gasteiger partial charge on any atom is -0.369 e. The Morgan fingerprint density at radius 3 is 2.67 bits per heavy atom. The van der Waals surface area contributed by atoms with Gasteiger partial charge in [-0.2, -0.15) is 0 Å². The summed E-state index contributed by atoms with van der Waals surface area (Å²) in [4.78, 5) is 24.2. The van der Waals surface area contributed by atoms with E-state index in [0.29, 0.717) is 17.5 Å². The first-order valence-corrected chi connectivity index (χ1v) is 8.12. The van der Waals surface area contributed by atoms with Gasteiger partial charge in [0.15, 0.2) is 0 Å². The molecule has 1 atom stereocenters. The normalized spacial score (nSPS) is 17.0. The van der Waals surface area contributed by atoms with E-state index in [2.05, 4.69) is 12.2 Å². The summed E-state index contributed by atoms with van der Waals surface area (Å²) in [5.74, 6) is -0.462. The summed E-state index contributed by atoms with van der Waals surface area (Å²) in [5.41, 5.74) is 6.33. The van der Waals surface area contributed by atoms with Crippen molar-refractivity contribution in [2.75, 3.05) is 6.54 Å². The number of amides is 2. The monoisotopic (exact) mass is 306 g/mol. The highest BCUT2D eigenvalue weighted by molar-refractivity contribution is 8.00. The van der Waals surface area contributed by atoms with E-state index < -0.39 is 0 Å². The first-order valence-electron chi connectivity index (χ1n) is 7.24. The molecule has 0 bridgehead atoms. The molecule has 4 nitrogen and oxygen atoms in total. The second-order valence-corrected chi connectivity index (χ2v) is 7.36. The van der Waals surface area contributed by atoms with Crippen molar-refractivity contribution in [2.45, 2.75) is 43.3 Å². The number of nitrogens with two attached hydrogens (primary N) is 1. The van der Waals surface area contributed by atoms with E-state index in [1.807, 2.05) is 18.2 Å². The van der Waals surface area contributed by atoms with E-state index in [4.69, 9.17) is 5.73 Å². The maximum Gasteiger partial charge on any atom is 0.252 e. The van der Waals surface area contributed by atoms with Gasteiger partial charge in [0.25, 0.3) is 5.91 Å². The lowest BCUT2D eigenvalue weighted by Gasteiger charge is -2.13. The molecule has 5 heteroatoms. The molecule has 0 radical (unpaired) electrons. The second-order valence-electron chi connectivity index (χ2n) is 5.98. The standard InChI is InChI=1S/C16H22N2O2S/c1-11(14(17)19)21-13-6-4-3-5-12(13)15(20)18-10-9-16(2)7-8-16/h3-6,11H,7-10H2,1-2H3,(H2,17,19)(H,18,20)/t11-/m0/s1. The van der Waals surface area contributed by atoms with Gasteiger partial charge in [-0.1, -0.05) is 19.1 Å². The zero-order valence-corrected chi connectivity index (χ0v) is 13.3. The maximum absolute atomic E-state index is 12.3. The van der Waals surface area contributed by atoms with Crippen LogP contribution in [0.4, 0.5) is 0 Å². The first kappa shape index (κ1) is 15.9. The maximum atomic E-state index is 12.3. The van der Waals surface area contributed by atoms with Gasteiger partial charge >= 0.3 is 0 Å². The van der Waals surface area contributed by atoms with E-state index in [-0.39, 0.29) is 17.1 Å². The minimum atomic E-state index is -0.378. The highest BCUT2D eigenvalue weighted by Crippen LogP contribution is 2.47. The Balaban J connectivity index is 1.97. The molecular formula is C16H22N2O2S. The number of hydrogen-bond acceptors (Lipinski definition) is 3. The van der Waals surface area contributed by atoms with Gasteiger partial charge in [-0.15, -0.1) is 11.8 Å². The number of nitrogens with one attached hydrogen (secondary N) is 1. The predicted octanol–water partition coefficient (Wildman–Crippen LogP) is 2.57. The number of benzene rings is 1. The van der Waals surface area contributed by atoms with Crippen molar-refractivity contribution in [3.63, 3.8) is 0 Å². The molecule has 0 aromatic heterocycles. The Morgan fingerprint density at radius 1 is 1.38 bits per heavy atom. The average Bonchev–Trinajstić information content (AvgIpc) is 3.17. The SMILES string of the molecule is C[C@H](Sc1ccccc1C(=O)NCCC1(C)CC1)C(N)=O. The van der Waals surface area contributed by atoms with Gasteiger partial charge in [-0.3, -0.25) is 9.59 Å². The lowest BCUT2D eigenvalue weighted by molar-refractivity contribution is -0.117. The van der Waals surface area contributed by atoms with Gasteiger partial charge in [-0.05, 0) is 43.7 Å². The molecular weight excluding hydrogens is 284 g/mol. The molecule has 0 aliphatic heterocycles. The van der Waals surface area contributed by atoms with Crippen molar-refractivity contribution in [2.24, 2.45) is 11.1 Å². The largest absolute Gasteiger partial charge is 0.369 e. The van der Waals surface area contributed by atoms with Gasteiger partial charge in [-0.25, -0.2) is 0 Å². The highest BCUT2D eigenvalue weighted by Gasteiger charge is 2.36. The summed E-state index contributed by atoms with van der Waals surface area (Å²) >= 11 is 1.32. The van der Waals surface area contributed by atoms with E-state index in [0.717, 1.165) is 11.3 Å². The summed E-state index contributed by atoms with van der Waals surface area (Å²) in [5, 5.41) is 2.61. The predicted molar refractivity (Wildman–Crippen MR) is 85.2 cm³/mol. The third-order valence-electron chi connectivity index (χ3n) is 3.95. The van der Waals surface area contributed by atoms with E-state index in [1.165, 1.54) is 24.6 Å². The van der Waals surface area contributed by atoms with Crippen LogP contribution < -0.4 is 11.1 Å². The third kappa shape index (κ3) is 4.49. The van der Waals surface area contributed by atoms with Gasteiger partial charge in [0.2, 0.25) is 5.91 Å². The van der Waals surface area contributed by atoms with E-state index in [1.54, 1.807) is 13.0 Å². The van der Waals surface area contributed by atoms with E-state index >= 15 is 0 Å². The summed E-state index contributed by atoms with van der Waals surface area (Å²) < 4.78 is 0. The molecule has 1 aromatic rings. The summed E-state index contributed by atoms with van der Waals surface area (Å²) in [7, 11) is 0. The smallest absolute Gasteiger partial charge is 0.252 e. The van der Waals surface area contributed by atoms with Crippen molar-refractivity contribution in [3.05, 3.63) is 29.8 Å². The van der Waals surface area contributed by atoms with Gasteiger partial charge in [0, 0.05) is 11.4 Å². The molecule has 0 heterocycles. The van der Waals surface area contributed by atoms with E-state index in [9.17, 15) is 9.59 Å². The van der Waals surface area contributed by atoms with Crippen molar-refractivity contribution < 1.29 is 9.59 Å². The fourth-order valence-electron chi connectivity index (χ4n) is 2.04. The molecule has 3 N–H and O–H groups in total. The lowest BCUT2D eigenvalue weighted by Crippen LogP contribution is -2.27. The van der Waals surface area contributed by atoms with Crippen LogP contribution in [0.15, 0.2) is 29.2 Å². The van der Waals surface area contributed by atoms with Crippen LogP contribution in [-0.2, 0) is 4.79 Å². The van der Waals surface area contributed by atoms with Gasteiger partial charge in [0.1, 0.15) is 0 Å². The van der Waals surface area contributed by atoms with Gasteiger partial charge in [0.05, 0.1) is 10.8 Å². The van der Waals surface area contributed by atoms with Crippen LogP contribution in [0, 0.1) is 5.41 Å². The van der Waals surface area contributed by atoms with Crippen LogP contribution in [0.5, 0.6) is 0 Å². The topological polar surface area (TPSA) is 72.2 Å². The molecule has 2 amide bonds. The van der Waals surface area contributed by atoms with Crippen LogP contribution in [0.2, 0.25) is 0 Å². The fourth-order valence-corrected chi connectivity index (χ4v) is 2.98. The lowest BCUT2D eigenvalue weighted by atomic mass is 10.1. The Hall–Kier alpha value is -1.49. The van der Waals surface area contributed by atoms with Crippen LogP contribution in [0.3, 0.4) is 0 Å². The molecule has 0 unspecified atom stereocenters. The van der Waals surface area contributed by atoms with Crippen LogP contribution in [0.1, 0.15) is 43.5 Å². The van der Waals surface area contributed by atoms with Gasteiger partial charge < -0.3 is 11.1 Å². The summed E-state index contributed by atoms with van der Waals surface area (Å²) in [6.45, 7) is 4.69. The third-order valence-corrected chi connectivity index (χ3v) is 5.15. The number of carbonyl (C=O) groups excluding carboxylic acids is 2. The minimum absolute atomic E-state index is 0.0842. The number of primary amides is 1. The Bertz CT molecular complexity index is 541. The molecule has 2 rings (SSSR count). The number of rotatable bonds is 7. The highest BCUT2D eigenvalue weighted by atomic mass is 32.2. The second kappa shape index (κ2) is 6.52. The summed E-state index contributed by atoms with van der Waals surface area (Å²) in [6, 6.07) is 7.32. The van der Waals surface area contributed by atoms with Crippen LogP contribution >= 0.6 is 11.8 Å². The van der Waals surface area contributed by atoms with Crippen molar-refractivity contribution in [1.82, 2.24) is 5.32 Å². The first-order chi connectivity index (χ1) is 9.91. The Labute approximate surface area is 129 Å². The number of carbonyl (C=O) groups is 2. The molecule has 1 saturated carbocycles. The summed E-state index contributed by atoms with van der Waals surface area (Å²) in [6.07, 6.45) is 3.53.